The third-order valence-electron chi connectivity index (χ3n) is 2.16. The van der Waals surface area contributed by atoms with Gasteiger partial charge < -0.3 is 5.32 Å². The van der Waals surface area contributed by atoms with Gasteiger partial charge >= 0.3 is 0 Å². The smallest absolute Gasteiger partial charge is 0.269 e. The van der Waals surface area contributed by atoms with Crippen molar-refractivity contribution in [2.24, 2.45) is 0 Å². The number of nitrogens with zero attached hydrogens (tertiary/aromatic N) is 1. The second-order valence-corrected chi connectivity index (χ2v) is 3.81. The van der Waals surface area contributed by atoms with Gasteiger partial charge in [0, 0.05) is 18.7 Å². The van der Waals surface area contributed by atoms with E-state index in [1.54, 1.807) is 12.1 Å². The lowest BCUT2D eigenvalue weighted by Crippen LogP contribution is -2.18. The highest BCUT2D eigenvalue weighted by Gasteiger charge is 2.03. The van der Waals surface area contributed by atoms with E-state index >= 15 is 0 Å². The lowest BCUT2D eigenvalue weighted by atomic mass is 10.1. The summed E-state index contributed by atoms with van der Waals surface area (Å²) < 4.78 is 0. The van der Waals surface area contributed by atoms with E-state index in [2.05, 4.69) is 11.9 Å². The summed E-state index contributed by atoms with van der Waals surface area (Å²) in [5.41, 5.74) is 2.34. The van der Waals surface area contributed by atoms with E-state index in [4.69, 9.17) is 0 Å². The Bertz CT molecular complexity index is 371. The number of nitro benzene ring substituents is 1. The molecule has 0 atom stereocenters. The van der Waals surface area contributed by atoms with Crippen molar-refractivity contribution in [2.45, 2.75) is 13.3 Å². The molecular formula is C12H16N2O2. The van der Waals surface area contributed by atoms with Gasteiger partial charge in [0.2, 0.25) is 0 Å². The molecule has 4 nitrogen and oxygen atoms in total. The molecule has 0 saturated carbocycles. The number of benzene rings is 1. The van der Waals surface area contributed by atoms with E-state index in [1.807, 2.05) is 6.92 Å². The van der Waals surface area contributed by atoms with Gasteiger partial charge in [0.1, 0.15) is 0 Å². The minimum atomic E-state index is -0.386. The van der Waals surface area contributed by atoms with Crippen LogP contribution >= 0.6 is 0 Å². The maximum atomic E-state index is 10.4. The van der Waals surface area contributed by atoms with Crippen molar-refractivity contribution in [3.05, 3.63) is 52.1 Å². The molecule has 0 heterocycles. The van der Waals surface area contributed by atoms with Crippen molar-refractivity contribution in [1.82, 2.24) is 5.32 Å². The fourth-order valence-corrected chi connectivity index (χ4v) is 1.32. The molecule has 1 aromatic carbocycles. The number of hydrogen-bond donors (Lipinski definition) is 1. The Balaban J connectivity index is 2.38. The number of hydrogen-bond acceptors (Lipinski definition) is 3. The molecule has 0 unspecified atom stereocenters. The molecule has 0 fully saturated rings. The summed E-state index contributed by atoms with van der Waals surface area (Å²) in [6, 6.07) is 6.66. The summed E-state index contributed by atoms with van der Waals surface area (Å²) in [6.07, 6.45) is 0.866. The monoisotopic (exact) mass is 220 g/mol. The Labute approximate surface area is 95.1 Å². The molecule has 0 saturated heterocycles. The predicted molar refractivity (Wildman–Crippen MR) is 64.5 cm³/mol. The van der Waals surface area contributed by atoms with Crippen LogP contribution in [-0.4, -0.2) is 18.0 Å². The zero-order valence-electron chi connectivity index (χ0n) is 9.40. The van der Waals surface area contributed by atoms with Crippen molar-refractivity contribution in [2.75, 3.05) is 13.1 Å². The van der Waals surface area contributed by atoms with Crippen LogP contribution in [0.2, 0.25) is 0 Å². The molecule has 1 rings (SSSR count). The highest BCUT2D eigenvalue weighted by atomic mass is 16.6. The van der Waals surface area contributed by atoms with Crippen molar-refractivity contribution in [1.29, 1.82) is 0 Å². The number of non-ortho nitro benzene ring substituents is 1. The van der Waals surface area contributed by atoms with Crippen LogP contribution in [0.5, 0.6) is 0 Å². The van der Waals surface area contributed by atoms with Gasteiger partial charge in [-0.05, 0) is 25.5 Å². The second-order valence-electron chi connectivity index (χ2n) is 3.81. The van der Waals surface area contributed by atoms with Gasteiger partial charge in [0.05, 0.1) is 4.92 Å². The first-order valence-corrected chi connectivity index (χ1v) is 5.18. The highest BCUT2D eigenvalue weighted by molar-refractivity contribution is 5.32. The summed E-state index contributed by atoms with van der Waals surface area (Å²) in [6.45, 7) is 7.43. The van der Waals surface area contributed by atoms with E-state index < -0.39 is 0 Å². The van der Waals surface area contributed by atoms with Crippen molar-refractivity contribution < 1.29 is 4.92 Å². The first-order chi connectivity index (χ1) is 7.59. The van der Waals surface area contributed by atoms with Gasteiger partial charge in [0.15, 0.2) is 0 Å². The van der Waals surface area contributed by atoms with Crippen molar-refractivity contribution in [3.63, 3.8) is 0 Å². The third-order valence-corrected chi connectivity index (χ3v) is 2.16. The summed E-state index contributed by atoms with van der Waals surface area (Å²) in [5, 5.41) is 13.7. The SMILES string of the molecule is C=C(C)CNCCc1ccc([N+](=O)[O-])cc1. The zero-order valence-corrected chi connectivity index (χ0v) is 9.40. The minimum absolute atomic E-state index is 0.138. The van der Waals surface area contributed by atoms with Crippen LogP contribution in [0.25, 0.3) is 0 Å². The maximum absolute atomic E-state index is 10.4. The number of nitro groups is 1. The van der Waals surface area contributed by atoms with Crippen LogP contribution in [0, 0.1) is 10.1 Å². The van der Waals surface area contributed by atoms with Gasteiger partial charge in [-0.15, -0.1) is 0 Å². The first kappa shape index (κ1) is 12.4. The van der Waals surface area contributed by atoms with E-state index in [0.29, 0.717) is 0 Å². The minimum Gasteiger partial charge on any atom is -0.313 e. The highest BCUT2D eigenvalue weighted by Crippen LogP contribution is 2.11. The summed E-state index contributed by atoms with van der Waals surface area (Å²) in [5.74, 6) is 0. The molecule has 1 aromatic rings. The third kappa shape index (κ3) is 4.23. The van der Waals surface area contributed by atoms with Gasteiger partial charge in [0.25, 0.3) is 5.69 Å². The summed E-state index contributed by atoms with van der Waals surface area (Å²) >= 11 is 0. The first-order valence-electron chi connectivity index (χ1n) is 5.18. The van der Waals surface area contributed by atoms with E-state index in [1.165, 1.54) is 12.1 Å². The fourth-order valence-electron chi connectivity index (χ4n) is 1.32. The molecule has 0 aliphatic rings. The molecule has 0 aliphatic heterocycles. The molecule has 0 radical (unpaired) electrons. The molecule has 0 spiro atoms. The normalized spacial score (nSPS) is 10.1. The molecule has 1 N–H and O–H groups in total. The van der Waals surface area contributed by atoms with Crippen LogP contribution in [-0.2, 0) is 6.42 Å². The van der Waals surface area contributed by atoms with Crippen LogP contribution in [0.4, 0.5) is 5.69 Å². The summed E-state index contributed by atoms with van der Waals surface area (Å²) in [7, 11) is 0. The topological polar surface area (TPSA) is 55.2 Å². The van der Waals surface area contributed by atoms with Crippen LogP contribution in [0.1, 0.15) is 12.5 Å². The van der Waals surface area contributed by atoms with E-state index in [-0.39, 0.29) is 10.6 Å². The molecule has 0 bridgehead atoms. The molecule has 16 heavy (non-hydrogen) atoms. The summed E-state index contributed by atoms with van der Waals surface area (Å²) in [4.78, 5) is 10.0. The molecule has 0 aliphatic carbocycles. The van der Waals surface area contributed by atoms with Gasteiger partial charge in [-0.2, -0.15) is 0 Å². The van der Waals surface area contributed by atoms with Crippen LogP contribution < -0.4 is 5.32 Å². The van der Waals surface area contributed by atoms with Crippen molar-refractivity contribution in [3.8, 4) is 0 Å². The quantitative estimate of drug-likeness (QED) is 0.346. The van der Waals surface area contributed by atoms with Crippen LogP contribution in [0.3, 0.4) is 0 Å². The predicted octanol–water partition coefficient (Wildman–Crippen LogP) is 2.30. The van der Waals surface area contributed by atoms with Crippen molar-refractivity contribution >= 4 is 5.69 Å². The molecular weight excluding hydrogens is 204 g/mol. The number of rotatable bonds is 6. The van der Waals surface area contributed by atoms with E-state index in [0.717, 1.165) is 30.6 Å². The molecule has 86 valence electrons. The lowest BCUT2D eigenvalue weighted by molar-refractivity contribution is -0.384. The van der Waals surface area contributed by atoms with Gasteiger partial charge in [-0.25, -0.2) is 0 Å². The Hall–Kier alpha value is -1.68. The fraction of sp³-hybridized carbons (Fsp3) is 0.333. The molecule has 0 amide bonds. The average Bonchev–Trinajstić information content (AvgIpc) is 2.25. The van der Waals surface area contributed by atoms with Crippen LogP contribution in [0.15, 0.2) is 36.4 Å². The Morgan fingerprint density at radius 1 is 1.44 bits per heavy atom. The largest absolute Gasteiger partial charge is 0.313 e. The van der Waals surface area contributed by atoms with Gasteiger partial charge in [-0.3, -0.25) is 10.1 Å². The Morgan fingerprint density at radius 3 is 2.56 bits per heavy atom. The van der Waals surface area contributed by atoms with E-state index in [9.17, 15) is 10.1 Å². The lowest BCUT2D eigenvalue weighted by Gasteiger charge is -2.04. The molecule has 0 aromatic heterocycles. The number of nitrogens with one attached hydrogen (secondary N) is 1. The standard InChI is InChI=1S/C12H16N2O2/c1-10(2)9-13-8-7-11-3-5-12(6-4-11)14(15)16/h3-6,13H,1,7-9H2,2H3. The Kier molecular flexibility index (Phi) is 4.66. The Morgan fingerprint density at radius 2 is 2.06 bits per heavy atom. The zero-order chi connectivity index (χ0) is 12.0. The van der Waals surface area contributed by atoms with Gasteiger partial charge in [-0.1, -0.05) is 24.3 Å². The maximum Gasteiger partial charge on any atom is 0.269 e. The average molecular weight is 220 g/mol. The second kappa shape index (κ2) is 6.02. The molecule has 4 heteroatoms.